The van der Waals surface area contributed by atoms with E-state index < -0.39 is 0 Å². The van der Waals surface area contributed by atoms with Crippen molar-refractivity contribution in [1.29, 1.82) is 0 Å². The van der Waals surface area contributed by atoms with Crippen LogP contribution in [0.1, 0.15) is 37.7 Å². The zero-order valence-corrected chi connectivity index (χ0v) is 17.2. The molecule has 0 unspecified atom stereocenters. The van der Waals surface area contributed by atoms with Gasteiger partial charge >= 0.3 is 0 Å². The molecule has 0 aromatic heterocycles. The Balaban J connectivity index is 1.22. The Bertz CT molecular complexity index is 629. The summed E-state index contributed by atoms with van der Waals surface area (Å²) in [4.78, 5) is 17.8. The highest BCUT2D eigenvalue weighted by atomic mass is 16.2. The predicted molar refractivity (Wildman–Crippen MR) is 113 cm³/mol. The Morgan fingerprint density at radius 2 is 1.89 bits per heavy atom. The fraction of sp³-hybridized carbons (Fsp3) is 0.696. The minimum Gasteiger partial charge on any atom is -0.340 e. The topological polar surface area (TPSA) is 47.6 Å². The van der Waals surface area contributed by atoms with Crippen LogP contribution in [0.4, 0.5) is 0 Å². The summed E-state index contributed by atoms with van der Waals surface area (Å²) in [6.45, 7) is 8.29. The molecule has 3 aliphatic rings. The third-order valence-corrected chi connectivity index (χ3v) is 7.01. The lowest BCUT2D eigenvalue weighted by Crippen LogP contribution is -2.45. The van der Waals surface area contributed by atoms with Gasteiger partial charge in [-0.3, -0.25) is 4.79 Å². The molecule has 3 aliphatic heterocycles. The second-order valence-electron chi connectivity index (χ2n) is 9.00. The van der Waals surface area contributed by atoms with Crippen LogP contribution in [0.2, 0.25) is 0 Å². The number of nitrogens with zero attached hydrogens (tertiary/aromatic N) is 2. The number of aryl methyl sites for hydroxylation is 1. The first kappa shape index (κ1) is 19.9. The van der Waals surface area contributed by atoms with Gasteiger partial charge in [0, 0.05) is 26.2 Å². The standard InChI is InChI=1S/C23H36N4O/c28-22(21-18-23(19-25-21)9-11-24-12-10-23)27-15-5-14-26(16-17-27)13-4-8-20-6-2-1-3-7-20/h1-3,6-7,21,24-25H,4-5,8-19H2/t21-/m1/s1. The van der Waals surface area contributed by atoms with E-state index in [4.69, 9.17) is 0 Å². The molecule has 1 aromatic carbocycles. The van der Waals surface area contributed by atoms with Gasteiger partial charge in [0.25, 0.3) is 0 Å². The van der Waals surface area contributed by atoms with Crippen molar-refractivity contribution in [3.63, 3.8) is 0 Å². The van der Waals surface area contributed by atoms with E-state index in [0.29, 0.717) is 11.3 Å². The summed E-state index contributed by atoms with van der Waals surface area (Å²) >= 11 is 0. The summed E-state index contributed by atoms with van der Waals surface area (Å²) in [6.07, 6.45) is 6.88. The van der Waals surface area contributed by atoms with E-state index in [1.165, 1.54) is 24.8 Å². The average Bonchev–Trinajstić information content (AvgIpc) is 2.98. The van der Waals surface area contributed by atoms with E-state index in [1.54, 1.807) is 0 Å². The van der Waals surface area contributed by atoms with Gasteiger partial charge in [0.2, 0.25) is 5.91 Å². The molecule has 3 fully saturated rings. The Morgan fingerprint density at radius 1 is 1.07 bits per heavy atom. The van der Waals surface area contributed by atoms with Crippen LogP contribution in [0.5, 0.6) is 0 Å². The van der Waals surface area contributed by atoms with Crippen molar-refractivity contribution in [2.24, 2.45) is 5.41 Å². The number of carbonyl (C=O) groups is 1. The van der Waals surface area contributed by atoms with Gasteiger partial charge in [-0.1, -0.05) is 30.3 Å². The van der Waals surface area contributed by atoms with E-state index in [1.807, 2.05) is 0 Å². The second kappa shape index (κ2) is 9.38. The molecule has 2 N–H and O–H groups in total. The number of piperidine rings is 1. The molecular weight excluding hydrogens is 348 g/mol. The maximum absolute atomic E-state index is 13.1. The molecule has 0 radical (unpaired) electrons. The molecule has 1 spiro atoms. The summed E-state index contributed by atoms with van der Waals surface area (Å²) in [6, 6.07) is 10.8. The van der Waals surface area contributed by atoms with Gasteiger partial charge in [-0.05, 0) is 75.7 Å². The largest absolute Gasteiger partial charge is 0.340 e. The number of hydrogen-bond acceptors (Lipinski definition) is 4. The van der Waals surface area contributed by atoms with Gasteiger partial charge < -0.3 is 20.4 Å². The van der Waals surface area contributed by atoms with Crippen molar-refractivity contribution in [2.45, 2.75) is 44.6 Å². The zero-order valence-electron chi connectivity index (χ0n) is 17.2. The number of nitrogens with one attached hydrogen (secondary N) is 2. The lowest BCUT2D eigenvalue weighted by molar-refractivity contribution is -0.133. The SMILES string of the molecule is O=C([C@H]1CC2(CCNCC2)CN1)N1CCCN(CCCc2ccccc2)CC1. The average molecular weight is 385 g/mol. The maximum atomic E-state index is 13.1. The molecule has 154 valence electrons. The zero-order chi connectivity index (χ0) is 19.2. The fourth-order valence-corrected chi connectivity index (χ4v) is 5.22. The molecule has 4 rings (SSSR count). The molecular formula is C23H36N4O. The fourth-order valence-electron chi connectivity index (χ4n) is 5.22. The summed E-state index contributed by atoms with van der Waals surface area (Å²) in [5.74, 6) is 0.349. The maximum Gasteiger partial charge on any atom is 0.239 e. The highest BCUT2D eigenvalue weighted by molar-refractivity contribution is 5.82. The molecule has 0 aliphatic carbocycles. The third-order valence-electron chi connectivity index (χ3n) is 7.01. The normalized spacial score (nSPS) is 25.7. The van der Waals surface area contributed by atoms with Crippen LogP contribution in [0.25, 0.3) is 0 Å². The quantitative estimate of drug-likeness (QED) is 0.814. The molecule has 28 heavy (non-hydrogen) atoms. The van der Waals surface area contributed by atoms with Crippen LogP contribution in [0.3, 0.4) is 0 Å². The number of carbonyl (C=O) groups excluding carboxylic acids is 1. The lowest BCUT2D eigenvalue weighted by atomic mass is 9.77. The van der Waals surface area contributed by atoms with Gasteiger partial charge in [0.1, 0.15) is 0 Å². The second-order valence-corrected chi connectivity index (χ2v) is 9.00. The Kier molecular flexibility index (Phi) is 6.65. The van der Waals surface area contributed by atoms with E-state index in [-0.39, 0.29) is 6.04 Å². The van der Waals surface area contributed by atoms with Gasteiger partial charge in [0.15, 0.2) is 0 Å². The molecule has 1 aromatic rings. The molecule has 3 heterocycles. The van der Waals surface area contributed by atoms with E-state index in [2.05, 4.69) is 50.8 Å². The summed E-state index contributed by atoms with van der Waals surface area (Å²) < 4.78 is 0. The smallest absolute Gasteiger partial charge is 0.239 e. The minimum atomic E-state index is 0.0442. The van der Waals surface area contributed by atoms with Crippen molar-refractivity contribution < 1.29 is 4.79 Å². The lowest BCUT2D eigenvalue weighted by Gasteiger charge is -2.33. The Hall–Kier alpha value is -1.43. The molecule has 0 saturated carbocycles. The van der Waals surface area contributed by atoms with Crippen LogP contribution in [-0.4, -0.2) is 74.1 Å². The van der Waals surface area contributed by atoms with Crippen LogP contribution >= 0.6 is 0 Å². The number of rotatable bonds is 5. The first-order valence-corrected chi connectivity index (χ1v) is 11.2. The third kappa shape index (κ3) is 4.94. The molecule has 1 amide bonds. The van der Waals surface area contributed by atoms with Crippen molar-refractivity contribution in [3.05, 3.63) is 35.9 Å². The number of benzene rings is 1. The van der Waals surface area contributed by atoms with Crippen molar-refractivity contribution in [2.75, 3.05) is 52.4 Å². The van der Waals surface area contributed by atoms with Crippen molar-refractivity contribution >= 4 is 5.91 Å². The Morgan fingerprint density at radius 3 is 2.71 bits per heavy atom. The van der Waals surface area contributed by atoms with E-state index in [9.17, 15) is 4.79 Å². The van der Waals surface area contributed by atoms with Crippen molar-refractivity contribution in [3.8, 4) is 0 Å². The van der Waals surface area contributed by atoms with Gasteiger partial charge in [-0.2, -0.15) is 0 Å². The van der Waals surface area contributed by atoms with Crippen LogP contribution < -0.4 is 10.6 Å². The number of hydrogen-bond donors (Lipinski definition) is 2. The van der Waals surface area contributed by atoms with Crippen LogP contribution in [-0.2, 0) is 11.2 Å². The van der Waals surface area contributed by atoms with Crippen molar-refractivity contribution in [1.82, 2.24) is 20.4 Å². The number of amides is 1. The van der Waals surface area contributed by atoms with Gasteiger partial charge in [-0.25, -0.2) is 0 Å². The highest BCUT2D eigenvalue weighted by Gasteiger charge is 2.43. The predicted octanol–water partition coefficient (Wildman–Crippen LogP) is 1.89. The molecule has 5 heteroatoms. The Labute approximate surface area is 169 Å². The van der Waals surface area contributed by atoms with Crippen LogP contribution in [0, 0.1) is 5.41 Å². The first-order chi connectivity index (χ1) is 13.7. The van der Waals surface area contributed by atoms with E-state index >= 15 is 0 Å². The monoisotopic (exact) mass is 384 g/mol. The molecule has 5 nitrogen and oxygen atoms in total. The van der Waals surface area contributed by atoms with Gasteiger partial charge in [-0.15, -0.1) is 0 Å². The summed E-state index contributed by atoms with van der Waals surface area (Å²) in [5, 5.41) is 7.02. The minimum absolute atomic E-state index is 0.0442. The molecule has 3 saturated heterocycles. The summed E-state index contributed by atoms with van der Waals surface area (Å²) in [7, 11) is 0. The van der Waals surface area contributed by atoms with Gasteiger partial charge in [0.05, 0.1) is 6.04 Å². The first-order valence-electron chi connectivity index (χ1n) is 11.2. The highest BCUT2D eigenvalue weighted by Crippen LogP contribution is 2.37. The van der Waals surface area contributed by atoms with E-state index in [0.717, 1.165) is 71.6 Å². The molecule has 0 bridgehead atoms. The summed E-state index contributed by atoms with van der Waals surface area (Å²) in [5.41, 5.74) is 1.79. The molecule has 1 atom stereocenters. The van der Waals surface area contributed by atoms with Crippen LogP contribution in [0.15, 0.2) is 30.3 Å².